The summed E-state index contributed by atoms with van der Waals surface area (Å²) in [6.45, 7) is 5.45. The van der Waals surface area contributed by atoms with Gasteiger partial charge in [-0.2, -0.15) is 0 Å². The molecule has 1 aliphatic heterocycles. The Labute approximate surface area is 173 Å². The van der Waals surface area contributed by atoms with Crippen molar-refractivity contribution < 1.29 is 14.3 Å². The number of amides is 1. The lowest BCUT2D eigenvalue weighted by atomic mass is 10.1. The van der Waals surface area contributed by atoms with Gasteiger partial charge in [0.1, 0.15) is 22.7 Å². The minimum absolute atomic E-state index is 0.00361. The Bertz CT molecular complexity index is 997. The maximum atomic E-state index is 12.8. The predicted octanol–water partition coefficient (Wildman–Crippen LogP) is 3.31. The standard InChI is InChI=1S/C21H22N4O3S/c1-13-8-25-21(29-13)17-5-16(6-19(7-17)28-18-3-4-27-12-18)20(26)24-11-15-9-22-14(2)23-10-15/h5-10,18H,3-4,11-12H2,1-2H3,(H,24,26). The smallest absolute Gasteiger partial charge is 0.251 e. The summed E-state index contributed by atoms with van der Waals surface area (Å²) in [5.41, 5.74) is 2.23. The molecule has 1 saturated heterocycles. The number of carbonyl (C=O) groups excluding carboxylic acids is 1. The zero-order valence-corrected chi connectivity index (χ0v) is 17.2. The first-order chi connectivity index (χ1) is 14.1. The van der Waals surface area contributed by atoms with Crippen molar-refractivity contribution in [1.29, 1.82) is 0 Å². The molecule has 7 nitrogen and oxygen atoms in total. The van der Waals surface area contributed by atoms with Gasteiger partial charge in [-0.25, -0.2) is 15.0 Å². The molecule has 1 atom stereocenters. The molecule has 0 bridgehead atoms. The van der Waals surface area contributed by atoms with Crippen LogP contribution in [-0.4, -0.2) is 40.2 Å². The second-order valence-corrected chi connectivity index (χ2v) is 8.18. The van der Waals surface area contributed by atoms with Gasteiger partial charge in [0.15, 0.2) is 0 Å². The van der Waals surface area contributed by atoms with Crippen LogP contribution in [0.25, 0.3) is 10.6 Å². The Morgan fingerprint density at radius 1 is 1.21 bits per heavy atom. The van der Waals surface area contributed by atoms with Gasteiger partial charge in [0, 0.05) is 53.1 Å². The summed E-state index contributed by atoms with van der Waals surface area (Å²) in [5.74, 6) is 1.16. The Kier molecular flexibility index (Phi) is 5.82. The highest BCUT2D eigenvalue weighted by molar-refractivity contribution is 7.14. The summed E-state index contributed by atoms with van der Waals surface area (Å²) in [5, 5.41) is 3.78. The summed E-state index contributed by atoms with van der Waals surface area (Å²) in [6.07, 6.45) is 6.10. The number of carbonyl (C=O) groups is 1. The average Bonchev–Trinajstić information content (AvgIpc) is 3.39. The van der Waals surface area contributed by atoms with Gasteiger partial charge in [0.2, 0.25) is 0 Å². The van der Waals surface area contributed by atoms with Crippen LogP contribution in [0.1, 0.15) is 33.0 Å². The molecule has 3 heterocycles. The SMILES string of the molecule is Cc1ncc(CNC(=O)c2cc(OC3CCOC3)cc(-c3ncc(C)s3)c2)cn1. The first kappa shape index (κ1) is 19.5. The molecule has 0 saturated carbocycles. The van der Waals surface area contributed by atoms with Crippen LogP contribution >= 0.6 is 11.3 Å². The molecular formula is C21H22N4O3S. The third-order valence-electron chi connectivity index (χ3n) is 4.52. The Balaban J connectivity index is 1.56. The minimum atomic E-state index is -0.187. The lowest BCUT2D eigenvalue weighted by molar-refractivity contribution is 0.0949. The zero-order chi connectivity index (χ0) is 20.2. The number of nitrogens with zero attached hydrogens (tertiary/aromatic N) is 3. The van der Waals surface area contributed by atoms with Crippen molar-refractivity contribution >= 4 is 17.2 Å². The molecule has 8 heteroatoms. The summed E-state index contributed by atoms with van der Waals surface area (Å²) in [4.78, 5) is 26.7. The highest BCUT2D eigenvalue weighted by Gasteiger charge is 2.19. The summed E-state index contributed by atoms with van der Waals surface area (Å²) >= 11 is 1.58. The maximum Gasteiger partial charge on any atom is 0.251 e. The number of aryl methyl sites for hydroxylation is 2. The third kappa shape index (κ3) is 4.96. The fourth-order valence-electron chi connectivity index (χ4n) is 3.00. The largest absolute Gasteiger partial charge is 0.488 e. The lowest BCUT2D eigenvalue weighted by Gasteiger charge is -2.14. The zero-order valence-electron chi connectivity index (χ0n) is 16.3. The van der Waals surface area contributed by atoms with Crippen molar-refractivity contribution in [3.63, 3.8) is 0 Å². The number of hydrogen-bond acceptors (Lipinski definition) is 7. The molecule has 1 unspecified atom stereocenters. The van der Waals surface area contributed by atoms with Crippen LogP contribution in [0, 0.1) is 13.8 Å². The first-order valence-electron chi connectivity index (χ1n) is 9.45. The van der Waals surface area contributed by atoms with Crippen LogP contribution in [0.2, 0.25) is 0 Å². The van der Waals surface area contributed by atoms with E-state index in [2.05, 4.69) is 20.3 Å². The van der Waals surface area contributed by atoms with Gasteiger partial charge < -0.3 is 14.8 Å². The third-order valence-corrected chi connectivity index (χ3v) is 5.48. The molecule has 150 valence electrons. The summed E-state index contributed by atoms with van der Waals surface area (Å²) in [6, 6.07) is 5.54. The number of nitrogens with one attached hydrogen (secondary N) is 1. The summed E-state index contributed by atoms with van der Waals surface area (Å²) in [7, 11) is 0. The Morgan fingerprint density at radius 3 is 2.72 bits per heavy atom. The number of thiazole rings is 1. The number of ether oxygens (including phenoxy) is 2. The predicted molar refractivity (Wildman–Crippen MR) is 110 cm³/mol. The van der Waals surface area contributed by atoms with Gasteiger partial charge >= 0.3 is 0 Å². The number of benzene rings is 1. The highest BCUT2D eigenvalue weighted by atomic mass is 32.1. The fourth-order valence-corrected chi connectivity index (χ4v) is 3.75. The van der Waals surface area contributed by atoms with E-state index >= 15 is 0 Å². The van der Waals surface area contributed by atoms with E-state index in [1.165, 1.54) is 0 Å². The van der Waals surface area contributed by atoms with Crippen molar-refractivity contribution in [3.05, 3.63) is 58.6 Å². The van der Waals surface area contributed by atoms with E-state index in [9.17, 15) is 4.79 Å². The van der Waals surface area contributed by atoms with E-state index in [0.29, 0.717) is 36.9 Å². The molecule has 1 fully saturated rings. The van der Waals surface area contributed by atoms with Crippen molar-refractivity contribution in [2.24, 2.45) is 0 Å². The van der Waals surface area contributed by atoms with E-state index in [1.807, 2.05) is 32.2 Å². The number of rotatable bonds is 6. The van der Waals surface area contributed by atoms with Crippen LogP contribution in [0.15, 0.2) is 36.8 Å². The molecule has 29 heavy (non-hydrogen) atoms. The van der Waals surface area contributed by atoms with E-state index in [4.69, 9.17) is 9.47 Å². The van der Waals surface area contributed by atoms with Crippen LogP contribution in [0.5, 0.6) is 5.75 Å². The van der Waals surface area contributed by atoms with Crippen molar-refractivity contribution in [3.8, 4) is 16.3 Å². The second kappa shape index (κ2) is 8.67. The van der Waals surface area contributed by atoms with E-state index in [0.717, 1.165) is 27.4 Å². The lowest BCUT2D eigenvalue weighted by Crippen LogP contribution is -2.23. The molecule has 0 aliphatic carbocycles. The molecule has 3 aromatic rings. The van der Waals surface area contributed by atoms with E-state index in [1.54, 1.807) is 29.8 Å². The van der Waals surface area contributed by atoms with Gasteiger partial charge in [-0.05, 0) is 32.0 Å². The van der Waals surface area contributed by atoms with E-state index in [-0.39, 0.29) is 12.0 Å². The fraction of sp³-hybridized carbons (Fsp3) is 0.333. The molecule has 1 aromatic carbocycles. The average molecular weight is 410 g/mol. The van der Waals surface area contributed by atoms with Crippen LogP contribution in [0.4, 0.5) is 0 Å². The van der Waals surface area contributed by atoms with Crippen LogP contribution in [0.3, 0.4) is 0 Å². The Hall–Kier alpha value is -2.84. The maximum absolute atomic E-state index is 12.8. The minimum Gasteiger partial charge on any atom is -0.488 e. The quantitative estimate of drug-likeness (QED) is 0.671. The number of hydrogen-bond donors (Lipinski definition) is 1. The van der Waals surface area contributed by atoms with Crippen LogP contribution in [-0.2, 0) is 11.3 Å². The molecule has 1 amide bonds. The van der Waals surface area contributed by atoms with Gasteiger partial charge in [-0.1, -0.05) is 0 Å². The second-order valence-electron chi connectivity index (χ2n) is 6.95. The molecule has 1 aliphatic rings. The first-order valence-corrected chi connectivity index (χ1v) is 10.3. The number of aromatic nitrogens is 3. The van der Waals surface area contributed by atoms with E-state index < -0.39 is 0 Å². The monoisotopic (exact) mass is 410 g/mol. The van der Waals surface area contributed by atoms with Crippen LogP contribution < -0.4 is 10.1 Å². The van der Waals surface area contributed by atoms with Crippen molar-refractivity contribution in [2.75, 3.05) is 13.2 Å². The highest BCUT2D eigenvalue weighted by Crippen LogP contribution is 2.30. The Morgan fingerprint density at radius 2 is 2.03 bits per heavy atom. The van der Waals surface area contributed by atoms with Gasteiger partial charge in [0.05, 0.1) is 13.2 Å². The van der Waals surface area contributed by atoms with Gasteiger partial charge in [-0.15, -0.1) is 11.3 Å². The van der Waals surface area contributed by atoms with Crippen molar-refractivity contribution in [1.82, 2.24) is 20.3 Å². The molecule has 0 spiro atoms. The molecular weight excluding hydrogens is 388 g/mol. The van der Waals surface area contributed by atoms with Gasteiger partial charge in [0.25, 0.3) is 5.91 Å². The van der Waals surface area contributed by atoms with Crippen molar-refractivity contribution in [2.45, 2.75) is 32.9 Å². The molecule has 2 aromatic heterocycles. The topological polar surface area (TPSA) is 86.2 Å². The normalized spacial score (nSPS) is 16.0. The molecule has 1 N–H and O–H groups in total. The van der Waals surface area contributed by atoms with Gasteiger partial charge in [-0.3, -0.25) is 4.79 Å². The molecule has 0 radical (unpaired) electrons. The summed E-state index contributed by atoms with van der Waals surface area (Å²) < 4.78 is 11.5. The molecule has 4 rings (SSSR count).